The summed E-state index contributed by atoms with van der Waals surface area (Å²) < 4.78 is 0. The molecule has 1 rings (SSSR count). The molecule has 0 aliphatic rings. The number of hydrazine groups is 1. The van der Waals surface area contributed by atoms with E-state index in [1.807, 2.05) is 13.8 Å². The lowest BCUT2D eigenvalue weighted by atomic mass is 10.2. The van der Waals surface area contributed by atoms with E-state index in [-0.39, 0.29) is 11.5 Å². The van der Waals surface area contributed by atoms with Gasteiger partial charge >= 0.3 is 5.97 Å². The third kappa shape index (κ3) is 2.19. The molecule has 1 aromatic rings. The maximum Gasteiger partial charge on any atom is 0.360 e. The van der Waals surface area contributed by atoms with Crippen LogP contribution < -0.4 is 10.9 Å². The van der Waals surface area contributed by atoms with Crippen LogP contribution in [0.2, 0.25) is 0 Å². The van der Waals surface area contributed by atoms with Crippen LogP contribution in [0.25, 0.3) is 0 Å². The number of hydrogen-bond donors (Lipinski definition) is 3. The summed E-state index contributed by atoms with van der Waals surface area (Å²) in [4.78, 5) is 10.7. The lowest BCUT2D eigenvalue weighted by Crippen LogP contribution is -2.35. The summed E-state index contributed by atoms with van der Waals surface area (Å²) in [5.74, 6) is 4.96. The summed E-state index contributed by atoms with van der Waals surface area (Å²) >= 11 is 0. The number of H-pyrrole nitrogens is 1. The molecule has 7 nitrogen and oxygen atoms in total. The standard InChI is InChI=1S/C7H13N5O2/c1-4(2)3-12(8)6-5(7(13)14)9-11-10-6/h4H,3,8H2,1-2H3,(H,13,14)(H,9,10,11). The molecule has 0 atom stereocenters. The first-order valence-electron chi connectivity index (χ1n) is 4.18. The van der Waals surface area contributed by atoms with Gasteiger partial charge in [-0.15, -0.1) is 10.2 Å². The highest BCUT2D eigenvalue weighted by Crippen LogP contribution is 2.12. The van der Waals surface area contributed by atoms with Gasteiger partial charge in [0.2, 0.25) is 5.69 Å². The first-order valence-corrected chi connectivity index (χ1v) is 4.18. The first kappa shape index (κ1) is 10.5. The monoisotopic (exact) mass is 199 g/mol. The molecule has 0 spiro atoms. The van der Waals surface area contributed by atoms with E-state index in [1.54, 1.807) is 0 Å². The van der Waals surface area contributed by atoms with Gasteiger partial charge in [0.15, 0.2) is 5.82 Å². The zero-order valence-corrected chi connectivity index (χ0v) is 8.06. The predicted molar refractivity (Wildman–Crippen MR) is 49.7 cm³/mol. The summed E-state index contributed by atoms with van der Waals surface area (Å²) in [5.41, 5.74) is -0.159. The van der Waals surface area contributed by atoms with Crippen LogP contribution in [-0.4, -0.2) is 33.0 Å². The van der Waals surface area contributed by atoms with Gasteiger partial charge in [-0.2, -0.15) is 5.21 Å². The maximum atomic E-state index is 10.7. The Kier molecular flexibility index (Phi) is 3.03. The molecule has 0 bridgehead atoms. The third-order valence-corrected chi connectivity index (χ3v) is 1.57. The summed E-state index contributed by atoms with van der Waals surface area (Å²) in [7, 11) is 0. The molecule has 0 amide bonds. The molecule has 0 saturated carbocycles. The number of carbonyl (C=O) groups is 1. The minimum absolute atomic E-state index is 0.159. The van der Waals surface area contributed by atoms with E-state index in [9.17, 15) is 4.79 Å². The van der Waals surface area contributed by atoms with Crippen molar-refractivity contribution >= 4 is 11.8 Å². The summed E-state index contributed by atoms with van der Waals surface area (Å²) in [6.07, 6.45) is 0. The van der Waals surface area contributed by atoms with E-state index in [4.69, 9.17) is 10.9 Å². The molecule has 7 heteroatoms. The Hall–Kier alpha value is -1.63. The van der Waals surface area contributed by atoms with Crippen LogP contribution >= 0.6 is 0 Å². The fourth-order valence-electron chi connectivity index (χ4n) is 1.05. The van der Waals surface area contributed by atoms with Crippen molar-refractivity contribution in [3.63, 3.8) is 0 Å². The van der Waals surface area contributed by atoms with Gasteiger partial charge in [-0.25, -0.2) is 10.6 Å². The van der Waals surface area contributed by atoms with E-state index >= 15 is 0 Å². The molecule has 0 aromatic carbocycles. The lowest BCUT2D eigenvalue weighted by molar-refractivity contribution is 0.0691. The summed E-state index contributed by atoms with van der Waals surface area (Å²) in [5, 5.41) is 19.4. The van der Waals surface area contributed by atoms with Crippen molar-refractivity contribution in [2.45, 2.75) is 13.8 Å². The van der Waals surface area contributed by atoms with Gasteiger partial charge < -0.3 is 5.11 Å². The van der Waals surface area contributed by atoms with E-state index in [2.05, 4.69) is 15.4 Å². The van der Waals surface area contributed by atoms with Crippen LogP contribution in [0.5, 0.6) is 0 Å². The minimum atomic E-state index is -1.15. The van der Waals surface area contributed by atoms with Crippen molar-refractivity contribution in [1.29, 1.82) is 0 Å². The SMILES string of the molecule is CC(C)CN(N)c1n[nH]nc1C(=O)O. The van der Waals surface area contributed by atoms with Crippen LogP contribution in [0.4, 0.5) is 5.82 Å². The zero-order valence-electron chi connectivity index (χ0n) is 8.06. The van der Waals surface area contributed by atoms with E-state index in [1.165, 1.54) is 5.01 Å². The van der Waals surface area contributed by atoms with Crippen LogP contribution in [0.15, 0.2) is 0 Å². The number of carboxylic acid groups (broad SMARTS) is 1. The van der Waals surface area contributed by atoms with E-state index < -0.39 is 5.97 Å². The average Bonchev–Trinajstić information content (AvgIpc) is 2.49. The lowest BCUT2D eigenvalue weighted by Gasteiger charge is -2.17. The predicted octanol–water partition coefficient (Wildman–Crippen LogP) is -0.161. The van der Waals surface area contributed by atoms with Gasteiger partial charge in [-0.3, -0.25) is 5.01 Å². The van der Waals surface area contributed by atoms with Crippen LogP contribution in [-0.2, 0) is 0 Å². The molecule has 4 N–H and O–H groups in total. The number of aromatic carboxylic acids is 1. The molecule has 0 saturated heterocycles. The van der Waals surface area contributed by atoms with Crippen molar-refractivity contribution < 1.29 is 9.90 Å². The zero-order chi connectivity index (χ0) is 10.7. The number of aromatic nitrogens is 3. The second-order valence-corrected chi connectivity index (χ2v) is 3.35. The van der Waals surface area contributed by atoms with Crippen molar-refractivity contribution in [3.8, 4) is 0 Å². The number of hydrogen-bond acceptors (Lipinski definition) is 5. The van der Waals surface area contributed by atoms with Crippen LogP contribution in [0.3, 0.4) is 0 Å². The Morgan fingerprint density at radius 2 is 2.29 bits per heavy atom. The van der Waals surface area contributed by atoms with Crippen LogP contribution in [0.1, 0.15) is 24.3 Å². The van der Waals surface area contributed by atoms with Gasteiger partial charge in [0.25, 0.3) is 0 Å². The summed E-state index contributed by atoms with van der Waals surface area (Å²) in [6.45, 7) is 4.47. The molecule has 78 valence electrons. The fraction of sp³-hybridized carbons (Fsp3) is 0.571. The highest BCUT2D eigenvalue weighted by atomic mass is 16.4. The Labute approximate surface area is 80.9 Å². The molecular weight excluding hydrogens is 186 g/mol. The number of rotatable bonds is 4. The van der Waals surface area contributed by atoms with Gasteiger partial charge in [0, 0.05) is 6.54 Å². The van der Waals surface area contributed by atoms with Crippen molar-refractivity contribution in [2.24, 2.45) is 11.8 Å². The number of carboxylic acids is 1. The fourth-order valence-corrected chi connectivity index (χ4v) is 1.05. The molecule has 0 aliphatic heterocycles. The number of nitrogens with two attached hydrogens (primary N) is 1. The number of aromatic amines is 1. The van der Waals surface area contributed by atoms with Crippen molar-refractivity contribution in [3.05, 3.63) is 5.69 Å². The Balaban J connectivity index is 2.84. The van der Waals surface area contributed by atoms with Gasteiger partial charge in [0.1, 0.15) is 0 Å². The van der Waals surface area contributed by atoms with E-state index in [0.717, 1.165) is 0 Å². The molecule has 0 aliphatic carbocycles. The Morgan fingerprint density at radius 3 is 2.79 bits per heavy atom. The number of nitrogens with one attached hydrogen (secondary N) is 1. The number of nitrogens with zero attached hydrogens (tertiary/aromatic N) is 3. The molecule has 0 unspecified atom stereocenters. The van der Waals surface area contributed by atoms with Crippen molar-refractivity contribution in [1.82, 2.24) is 15.4 Å². The molecular formula is C7H13N5O2. The molecule has 0 radical (unpaired) electrons. The highest BCUT2D eigenvalue weighted by molar-refractivity contribution is 5.90. The number of anilines is 1. The largest absolute Gasteiger partial charge is 0.476 e. The normalized spacial score (nSPS) is 10.6. The maximum absolute atomic E-state index is 10.7. The Bertz CT molecular complexity index is 322. The smallest absolute Gasteiger partial charge is 0.360 e. The van der Waals surface area contributed by atoms with Gasteiger partial charge in [-0.1, -0.05) is 13.8 Å². The van der Waals surface area contributed by atoms with Crippen molar-refractivity contribution in [2.75, 3.05) is 11.6 Å². The second-order valence-electron chi connectivity index (χ2n) is 3.35. The second kappa shape index (κ2) is 4.05. The average molecular weight is 199 g/mol. The molecule has 0 fully saturated rings. The third-order valence-electron chi connectivity index (χ3n) is 1.57. The molecule has 1 heterocycles. The van der Waals surface area contributed by atoms with Gasteiger partial charge in [-0.05, 0) is 5.92 Å². The quantitative estimate of drug-likeness (QED) is 0.459. The van der Waals surface area contributed by atoms with E-state index in [0.29, 0.717) is 12.5 Å². The highest BCUT2D eigenvalue weighted by Gasteiger charge is 2.19. The van der Waals surface area contributed by atoms with Crippen LogP contribution in [0, 0.1) is 5.92 Å². The topological polar surface area (TPSA) is 108 Å². The Morgan fingerprint density at radius 1 is 1.64 bits per heavy atom. The minimum Gasteiger partial charge on any atom is -0.476 e. The van der Waals surface area contributed by atoms with Gasteiger partial charge in [0.05, 0.1) is 0 Å². The summed E-state index contributed by atoms with van der Waals surface area (Å²) in [6, 6.07) is 0. The molecule has 1 aromatic heterocycles. The molecule has 14 heavy (non-hydrogen) atoms. The first-order chi connectivity index (χ1) is 6.52.